The SMILES string of the molecule is CCCCNC(=O)C(CC)N(Cc1ccccc1Cl)C(=O)CN(c1ccc(C(C)C)cc1)S(C)(=O)=O. The maximum atomic E-state index is 13.7. The number of benzene rings is 2. The third kappa shape index (κ3) is 8.23. The van der Waals surface area contributed by atoms with Gasteiger partial charge >= 0.3 is 0 Å². The van der Waals surface area contributed by atoms with Gasteiger partial charge in [-0.1, -0.05) is 76.0 Å². The number of halogens is 1. The molecule has 0 fully saturated rings. The zero-order valence-corrected chi connectivity index (χ0v) is 23.4. The van der Waals surface area contributed by atoms with Crippen LogP contribution in [0.1, 0.15) is 64.0 Å². The lowest BCUT2D eigenvalue weighted by Crippen LogP contribution is -2.52. The number of hydrogen-bond acceptors (Lipinski definition) is 4. The minimum absolute atomic E-state index is 0.0854. The van der Waals surface area contributed by atoms with E-state index < -0.39 is 28.5 Å². The molecule has 0 saturated heterocycles. The molecule has 0 aliphatic rings. The van der Waals surface area contributed by atoms with E-state index in [0.717, 1.165) is 29.0 Å². The van der Waals surface area contributed by atoms with Gasteiger partial charge in [-0.05, 0) is 48.1 Å². The summed E-state index contributed by atoms with van der Waals surface area (Å²) in [5.74, 6) is -0.459. The quantitative estimate of drug-likeness (QED) is 0.367. The van der Waals surface area contributed by atoms with Crippen LogP contribution < -0.4 is 9.62 Å². The summed E-state index contributed by atoms with van der Waals surface area (Å²) in [6, 6.07) is 13.5. The van der Waals surface area contributed by atoms with Crippen LogP contribution in [0.5, 0.6) is 0 Å². The van der Waals surface area contributed by atoms with Gasteiger partial charge in [0.15, 0.2) is 0 Å². The van der Waals surface area contributed by atoms with Gasteiger partial charge < -0.3 is 10.2 Å². The zero-order chi connectivity index (χ0) is 26.9. The van der Waals surface area contributed by atoms with Crippen molar-refractivity contribution in [2.75, 3.05) is 23.7 Å². The van der Waals surface area contributed by atoms with Crippen LogP contribution in [0, 0.1) is 0 Å². The third-order valence-corrected chi connectivity index (χ3v) is 7.55. The monoisotopic (exact) mass is 535 g/mol. The van der Waals surface area contributed by atoms with Gasteiger partial charge in [0.05, 0.1) is 11.9 Å². The Balaban J connectivity index is 2.41. The van der Waals surface area contributed by atoms with Crippen LogP contribution in [0.2, 0.25) is 5.02 Å². The molecular weight excluding hydrogens is 498 g/mol. The Hall–Kier alpha value is -2.58. The van der Waals surface area contributed by atoms with Crippen molar-refractivity contribution in [1.29, 1.82) is 0 Å². The van der Waals surface area contributed by atoms with Crippen LogP contribution in [0.3, 0.4) is 0 Å². The lowest BCUT2D eigenvalue weighted by molar-refractivity contribution is -0.140. The Bertz CT molecular complexity index is 1120. The van der Waals surface area contributed by atoms with E-state index in [1.54, 1.807) is 30.3 Å². The van der Waals surface area contributed by atoms with Gasteiger partial charge in [-0.2, -0.15) is 0 Å². The van der Waals surface area contributed by atoms with Crippen molar-refractivity contribution in [2.24, 2.45) is 0 Å². The minimum Gasteiger partial charge on any atom is -0.354 e. The number of unbranched alkanes of at least 4 members (excludes halogenated alkanes) is 1. The number of rotatable bonds is 13. The summed E-state index contributed by atoms with van der Waals surface area (Å²) in [7, 11) is -3.77. The highest BCUT2D eigenvalue weighted by atomic mass is 35.5. The van der Waals surface area contributed by atoms with E-state index in [1.807, 2.05) is 32.0 Å². The molecule has 7 nitrogen and oxygen atoms in total. The predicted molar refractivity (Wildman–Crippen MR) is 147 cm³/mol. The van der Waals surface area contributed by atoms with Crippen LogP contribution in [-0.4, -0.2) is 50.5 Å². The molecule has 2 amide bonds. The first-order valence-corrected chi connectivity index (χ1v) is 14.6. The van der Waals surface area contributed by atoms with E-state index in [1.165, 1.54) is 4.90 Å². The molecular formula is C27H38ClN3O4S. The third-order valence-electron chi connectivity index (χ3n) is 6.04. The molecule has 1 N–H and O–H groups in total. The molecule has 0 aromatic heterocycles. The number of anilines is 1. The van der Waals surface area contributed by atoms with E-state index in [4.69, 9.17) is 11.6 Å². The number of sulfonamides is 1. The molecule has 9 heteroatoms. The number of nitrogens with one attached hydrogen (secondary N) is 1. The zero-order valence-electron chi connectivity index (χ0n) is 21.8. The fourth-order valence-electron chi connectivity index (χ4n) is 3.88. The summed E-state index contributed by atoms with van der Waals surface area (Å²) in [5.41, 5.74) is 2.14. The number of amides is 2. The Labute approximate surface area is 220 Å². The summed E-state index contributed by atoms with van der Waals surface area (Å²) >= 11 is 6.37. The summed E-state index contributed by atoms with van der Waals surface area (Å²) in [4.78, 5) is 28.2. The van der Waals surface area contributed by atoms with Crippen molar-refractivity contribution in [3.05, 3.63) is 64.7 Å². The van der Waals surface area contributed by atoms with Crippen LogP contribution in [0.4, 0.5) is 5.69 Å². The maximum Gasteiger partial charge on any atom is 0.244 e. The van der Waals surface area contributed by atoms with E-state index in [9.17, 15) is 18.0 Å². The highest BCUT2D eigenvalue weighted by Gasteiger charge is 2.32. The summed E-state index contributed by atoms with van der Waals surface area (Å²) in [6.07, 6.45) is 3.20. The summed E-state index contributed by atoms with van der Waals surface area (Å²) in [6.45, 7) is 8.13. The molecule has 0 saturated carbocycles. The second-order valence-corrected chi connectivity index (χ2v) is 11.5. The number of carbonyl (C=O) groups excluding carboxylic acids is 2. The number of nitrogens with zero attached hydrogens (tertiary/aromatic N) is 2. The van der Waals surface area contributed by atoms with Crippen LogP contribution in [0.15, 0.2) is 48.5 Å². The smallest absolute Gasteiger partial charge is 0.244 e. The second kappa shape index (κ2) is 13.7. The molecule has 0 radical (unpaired) electrons. The fraction of sp³-hybridized carbons (Fsp3) is 0.481. The Morgan fingerprint density at radius 3 is 2.19 bits per heavy atom. The lowest BCUT2D eigenvalue weighted by atomic mass is 10.0. The molecule has 2 aromatic rings. The van der Waals surface area contributed by atoms with Crippen molar-refractivity contribution in [3.63, 3.8) is 0 Å². The fourth-order valence-corrected chi connectivity index (χ4v) is 4.92. The van der Waals surface area contributed by atoms with Gasteiger partial charge in [-0.3, -0.25) is 13.9 Å². The van der Waals surface area contributed by atoms with Crippen molar-refractivity contribution >= 4 is 39.1 Å². The first kappa shape index (κ1) is 29.6. The summed E-state index contributed by atoms with van der Waals surface area (Å²) < 4.78 is 26.5. The van der Waals surface area contributed by atoms with Gasteiger partial charge in [0, 0.05) is 18.1 Å². The standard InChI is InChI=1S/C27H38ClN3O4S/c1-6-8-17-29-27(33)25(7-2)30(18-22-11-9-10-12-24(22)28)26(32)19-31(36(5,34)35)23-15-13-21(14-16-23)20(3)4/h9-16,20,25H,6-8,17-19H2,1-5H3,(H,29,33). The van der Waals surface area contributed by atoms with Gasteiger partial charge in [0.25, 0.3) is 0 Å². The molecule has 198 valence electrons. The van der Waals surface area contributed by atoms with Gasteiger partial charge in [0.1, 0.15) is 12.6 Å². The highest BCUT2D eigenvalue weighted by molar-refractivity contribution is 7.92. The van der Waals surface area contributed by atoms with Gasteiger partial charge in [0.2, 0.25) is 21.8 Å². The topological polar surface area (TPSA) is 86.8 Å². The van der Waals surface area contributed by atoms with Crippen LogP contribution in [-0.2, 0) is 26.2 Å². The molecule has 0 spiro atoms. The largest absolute Gasteiger partial charge is 0.354 e. The van der Waals surface area contributed by atoms with E-state index in [0.29, 0.717) is 29.2 Å². The Morgan fingerprint density at radius 2 is 1.67 bits per heavy atom. The lowest BCUT2D eigenvalue weighted by Gasteiger charge is -2.33. The molecule has 1 atom stereocenters. The van der Waals surface area contributed by atoms with Gasteiger partial charge in [-0.15, -0.1) is 0 Å². The Morgan fingerprint density at radius 1 is 1.03 bits per heavy atom. The number of carbonyl (C=O) groups is 2. The van der Waals surface area contributed by atoms with E-state index >= 15 is 0 Å². The normalized spacial score (nSPS) is 12.3. The molecule has 0 aliphatic heterocycles. The van der Waals surface area contributed by atoms with Crippen LogP contribution in [0.25, 0.3) is 0 Å². The number of hydrogen-bond donors (Lipinski definition) is 1. The molecule has 0 heterocycles. The molecule has 0 aliphatic carbocycles. The predicted octanol–water partition coefficient (Wildman–Crippen LogP) is 4.95. The second-order valence-electron chi connectivity index (χ2n) is 9.20. The van der Waals surface area contributed by atoms with Crippen LogP contribution >= 0.6 is 11.6 Å². The molecule has 0 bridgehead atoms. The van der Waals surface area contributed by atoms with Crippen molar-refractivity contribution < 1.29 is 18.0 Å². The average Bonchev–Trinajstić information content (AvgIpc) is 2.83. The highest BCUT2D eigenvalue weighted by Crippen LogP contribution is 2.24. The average molecular weight is 536 g/mol. The van der Waals surface area contributed by atoms with E-state index in [-0.39, 0.29) is 18.4 Å². The first-order valence-electron chi connectivity index (χ1n) is 12.4. The summed E-state index contributed by atoms with van der Waals surface area (Å²) in [5, 5.41) is 3.38. The minimum atomic E-state index is -3.77. The van der Waals surface area contributed by atoms with Gasteiger partial charge in [-0.25, -0.2) is 8.42 Å². The van der Waals surface area contributed by atoms with Crippen molar-refractivity contribution in [3.8, 4) is 0 Å². The maximum absolute atomic E-state index is 13.7. The Kier molecular flexibility index (Phi) is 11.2. The first-order chi connectivity index (χ1) is 17.0. The molecule has 36 heavy (non-hydrogen) atoms. The molecule has 2 rings (SSSR count). The van der Waals surface area contributed by atoms with Crippen molar-refractivity contribution in [1.82, 2.24) is 10.2 Å². The van der Waals surface area contributed by atoms with Crippen molar-refractivity contribution in [2.45, 2.75) is 65.5 Å². The van der Waals surface area contributed by atoms with E-state index in [2.05, 4.69) is 19.2 Å². The molecule has 1 unspecified atom stereocenters. The molecule has 2 aromatic carbocycles.